The van der Waals surface area contributed by atoms with Crippen LogP contribution in [0.25, 0.3) is 11.8 Å². The second-order valence-electron chi connectivity index (χ2n) is 7.31. The average Bonchev–Trinajstić information content (AvgIpc) is 3.11. The Morgan fingerprint density at radius 3 is 2.26 bits per heavy atom. The summed E-state index contributed by atoms with van der Waals surface area (Å²) in [6.45, 7) is 4.13. The first-order valence-corrected chi connectivity index (χ1v) is 10.2. The van der Waals surface area contributed by atoms with Gasteiger partial charge in [-0.1, -0.05) is 60.2 Å². The summed E-state index contributed by atoms with van der Waals surface area (Å²) < 4.78 is 5.03. The molecule has 4 rings (SSSR count). The molecule has 4 nitrogen and oxygen atoms in total. The Morgan fingerprint density at radius 1 is 0.935 bits per heavy atom. The van der Waals surface area contributed by atoms with Gasteiger partial charge in [0.05, 0.1) is 17.9 Å². The van der Waals surface area contributed by atoms with E-state index in [9.17, 15) is 9.59 Å². The molecule has 3 aromatic carbocycles. The largest absolute Gasteiger partial charge is 0.462 e. The molecule has 0 aliphatic carbocycles. The Balaban J connectivity index is 1.71. The molecular formula is C27H23NO3. The number of carbonyl (C=O) groups is 2. The molecule has 1 aliphatic rings. The molecule has 1 heterocycles. The highest BCUT2D eigenvalue weighted by Gasteiger charge is 2.30. The zero-order valence-electron chi connectivity index (χ0n) is 17.5. The van der Waals surface area contributed by atoms with Crippen molar-refractivity contribution in [2.45, 2.75) is 13.8 Å². The Morgan fingerprint density at radius 2 is 1.61 bits per heavy atom. The van der Waals surface area contributed by atoms with Gasteiger partial charge in [-0.15, -0.1) is 0 Å². The summed E-state index contributed by atoms with van der Waals surface area (Å²) in [6.07, 6.45) is 3.76. The van der Waals surface area contributed by atoms with Crippen LogP contribution in [0.3, 0.4) is 0 Å². The fourth-order valence-corrected chi connectivity index (χ4v) is 3.50. The number of aryl methyl sites for hydroxylation is 1. The summed E-state index contributed by atoms with van der Waals surface area (Å²) >= 11 is 0. The molecule has 1 amide bonds. The third-order valence-electron chi connectivity index (χ3n) is 5.09. The number of esters is 1. The van der Waals surface area contributed by atoms with Gasteiger partial charge in [-0.05, 0) is 61.4 Å². The van der Waals surface area contributed by atoms with Crippen LogP contribution in [0, 0.1) is 6.92 Å². The number of amides is 1. The van der Waals surface area contributed by atoms with Gasteiger partial charge < -0.3 is 4.74 Å². The Kier molecular flexibility index (Phi) is 5.80. The van der Waals surface area contributed by atoms with Crippen LogP contribution >= 0.6 is 0 Å². The molecule has 154 valence electrons. The van der Waals surface area contributed by atoms with Crippen molar-refractivity contribution in [2.24, 2.45) is 0 Å². The Hall–Kier alpha value is -3.92. The molecule has 0 atom stereocenters. The lowest BCUT2D eigenvalue weighted by molar-refractivity contribution is -0.113. The van der Waals surface area contributed by atoms with E-state index in [1.807, 2.05) is 85.8 Å². The van der Waals surface area contributed by atoms with Crippen molar-refractivity contribution in [3.8, 4) is 0 Å². The van der Waals surface area contributed by atoms with Crippen molar-refractivity contribution in [2.75, 3.05) is 11.5 Å². The van der Waals surface area contributed by atoms with E-state index in [1.165, 1.54) is 0 Å². The second-order valence-corrected chi connectivity index (χ2v) is 7.31. The van der Waals surface area contributed by atoms with E-state index in [4.69, 9.17) is 4.74 Å². The molecule has 0 spiro atoms. The molecule has 0 bridgehead atoms. The lowest BCUT2D eigenvalue weighted by Crippen LogP contribution is -2.24. The van der Waals surface area contributed by atoms with Crippen LogP contribution in [0.5, 0.6) is 0 Å². The number of hydrogen-bond donors (Lipinski definition) is 0. The average molecular weight is 409 g/mol. The van der Waals surface area contributed by atoms with Gasteiger partial charge in [0.1, 0.15) is 0 Å². The fraction of sp³-hybridized carbons (Fsp3) is 0.111. The quantitative estimate of drug-likeness (QED) is 0.404. The lowest BCUT2D eigenvalue weighted by atomic mass is 10.1. The maximum atomic E-state index is 13.4. The maximum Gasteiger partial charge on any atom is 0.338 e. The Labute approximate surface area is 182 Å². The molecule has 0 saturated carbocycles. The first-order valence-electron chi connectivity index (χ1n) is 10.2. The monoisotopic (exact) mass is 409 g/mol. The molecule has 0 unspecified atom stereocenters. The summed E-state index contributed by atoms with van der Waals surface area (Å²) in [5.41, 5.74) is 5.68. The molecule has 1 aliphatic heterocycles. The van der Waals surface area contributed by atoms with E-state index < -0.39 is 0 Å². The van der Waals surface area contributed by atoms with E-state index in [0.717, 1.165) is 28.1 Å². The first-order chi connectivity index (χ1) is 15.1. The zero-order valence-corrected chi connectivity index (χ0v) is 17.5. The van der Waals surface area contributed by atoms with Gasteiger partial charge in [-0.3, -0.25) is 9.69 Å². The molecule has 0 radical (unpaired) electrons. The van der Waals surface area contributed by atoms with Crippen LogP contribution in [0.4, 0.5) is 5.69 Å². The number of rotatable bonds is 5. The number of ether oxygens (including phenoxy) is 1. The van der Waals surface area contributed by atoms with Gasteiger partial charge in [0.2, 0.25) is 0 Å². The van der Waals surface area contributed by atoms with Gasteiger partial charge in [-0.25, -0.2) is 4.79 Å². The molecule has 0 fully saturated rings. The number of hydrogen-bond acceptors (Lipinski definition) is 3. The van der Waals surface area contributed by atoms with Gasteiger partial charge in [0, 0.05) is 11.3 Å². The molecule has 31 heavy (non-hydrogen) atoms. The van der Waals surface area contributed by atoms with E-state index in [0.29, 0.717) is 17.7 Å². The molecule has 0 aromatic heterocycles. The number of anilines is 1. The van der Waals surface area contributed by atoms with Crippen LogP contribution in [0.15, 0.2) is 90.5 Å². The molecule has 0 N–H and O–H groups in total. The zero-order chi connectivity index (χ0) is 21.8. The van der Waals surface area contributed by atoms with Crippen LogP contribution in [-0.2, 0) is 9.53 Å². The smallest absolute Gasteiger partial charge is 0.338 e. The highest BCUT2D eigenvalue weighted by atomic mass is 16.5. The highest BCUT2D eigenvalue weighted by Crippen LogP contribution is 2.35. The minimum absolute atomic E-state index is 0.0859. The number of carbonyl (C=O) groups excluding carboxylic acids is 2. The van der Waals surface area contributed by atoms with Gasteiger partial charge in [-0.2, -0.15) is 0 Å². The van der Waals surface area contributed by atoms with Crippen molar-refractivity contribution in [3.63, 3.8) is 0 Å². The van der Waals surface area contributed by atoms with Crippen LogP contribution in [0.2, 0.25) is 0 Å². The van der Waals surface area contributed by atoms with Crippen LogP contribution in [-0.4, -0.2) is 18.5 Å². The van der Waals surface area contributed by atoms with Crippen molar-refractivity contribution < 1.29 is 14.3 Å². The SMILES string of the molecule is CCOC(=O)c1ccc(C=C2C=C(c3ccccc3)N(c3ccc(C)cc3)C2=O)cc1. The Bertz CT molecular complexity index is 1160. The van der Waals surface area contributed by atoms with Crippen LogP contribution in [0.1, 0.15) is 34.0 Å². The lowest BCUT2D eigenvalue weighted by Gasteiger charge is -2.21. The van der Waals surface area contributed by atoms with Crippen molar-refractivity contribution in [1.82, 2.24) is 0 Å². The van der Waals surface area contributed by atoms with Crippen LogP contribution < -0.4 is 4.90 Å². The van der Waals surface area contributed by atoms with Gasteiger partial charge >= 0.3 is 5.97 Å². The van der Waals surface area contributed by atoms with Crippen molar-refractivity contribution >= 4 is 29.3 Å². The number of nitrogens with zero attached hydrogens (tertiary/aromatic N) is 1. The summed E-state index contributed by atoms with van der Waals surface area (Å²) in [6, 6.07) is 24.9. The van der Waals surface area contributed by atoms with Crippen molar-refractivity contribution in [1.29, 1.82) is 0 Å². The normalized spacial score (nSPS) is 14.6. The first kappa shape index (κ1) is 20.4. The third-order valence-corrected chi connectivity index (χ3v) is 5.09. The fourth-order valence-electron chi connectivity index (χ4n) is 3.50. The predicted octanol–water partition coefficient (Wildman–Crippen LogP) is 5.64. The molecule has 3 aromatic rings. The third kappa shape index (κ3) is 4.33. The minimum atomic E-state index is -0.351. The van der Waals surface area contributed by atoms with Gasteiger partial charge in [0.25, 0.3) is 5.91 Å². The molecule has 4 heteroatoms. The summed E-state index contributed by atoms with van der Waals surface area (Å²) in [5.74, 6) is -0.437. The van der Waals surface area contributed by atoms with E-state index in [2.05, 4.69) is 0 Å². The van der Waals surface area contributed by atoms with E-state index in [1.54, 1.807) is 24.0 Å². The van der Waals surface area contributed by atoms with E-state index in [-0.39, 0.29) is 11.9 Å². The predicted molar refractivity (Wildman–Crippen MR) is 123 cm³/mol. The molecular weight excluding hydrogens is 386 g/mol. The summed E-state index contributed by atoms with van der Waals surface area (Å²) in [7, 11) is 0. The number of benzene rings is 3. The topological polar surface area (TPSA) is 46.6 Å². The van der Waals surface area contributed by atoms with Crippen molar-refractivity contribution in [3.05, 3.63) is 113 Å². The summed E-state index contributed by atoms with van der Waals surface area (Å²) in [5, 5.41) is 0. The van der Waals surface area contributed by atoms with Gasteiger partial charge in [0.15, 0.2) is 0 Å². The molecule has 0 saturated heterocycles. The second kappa shape index (κ2) is 8.84. The highest BCUT2D eigenvalue weighted by molar-refractivity contribution is 6.23. The standard InChI is InChI=1S/C27H23NO3/c1-3-31-27(30)22-13-11-20(12-14-22)17-23-18-25(21-7-5-4-6-8-21)28(26(23)29)24-15-9-19(2)10-16-24/h4-18H,3H2,1-2H3. The maximum absolute atomic E-state index is 13.4. The summed E-state index contributed by atoms with van der Waals surface area (Å²) in [4.78, 5) is 27.0. The minimum Gasteiger partial charge on any atom is -0.462 e. The van der Waals surface area contributed by atoms with E-state index >= 15 is 0 Å².